The molecule has 0 saturated carbocycles. The van der Waals surface area contributed by atoms with Crippen LogP contribution >= 0.6 is 0 Å². The third-order valence-corrected chi connectivity index (χ3v) is 4.78. The molecule has 1 aliphatic heterocycles. The van der Waals surface area contributed by atoms with Crippen LogP contribution in [0.1, 0.15) is 24.4 Å². The highest BCUT2D eigenvalue weighted by Gasteiger charge is 2.21. The average molecular weight is 354 g/mol. The molecule has 0 bridgehead atoms. The van der Waals surface area contributed by atoms with Gasteiger partial charge in [0, 0.05) is 38.5 Å². The quantitative estimate of drug-likeness (QED) is 0.693. The summed E-state index contributed by atoms with van der Waals surface area (Å²) in [5, 5.41) is 8.64. The Hall–Kier alpha value is -2.74. The summed E-state index contributed by atoms with van der Waals surface area (Å²) in [5.41, 5.74) is 0.909. The van der Waals surface area contributed by atoms with Crippen molar-refractivity contribution in [3.63, 3.8) is 0 Å². The van der Waals surface area contributed by atoms with Gasteiger partial charge >= 0.3 is 0 Å². The van der Waals surface area contributed by atoms with E-state index in [-0.39, 0.29) is 5.56 Å². The normalized spacial score (nSPS) is 16.2. The summed E-state index contributed by atoms with van der Waals surface area (Å²) in [7, 11) is 0. The molecule has 0 aliphatic carbocycles. The van der Waals surface area contributed by atoms with Gasteiger partial charge in [-0.15, -0.1) is 5.10 Å². The fourth-order valence-electron chi connectivity index (χ4n) is 3.38. The maximum absolute atomic E-state index is 12.2. The van der Waals surface area contributed by atoms with Gasteiger partial charge in [0.25, 0.3) is 5.56 Å². The Kier molecular flexibility index (Phi) is 4.66. The first kappa shape index (κ1) is 16.7. The summed E-state index contributed by atoms with van der Waals surface area (Å²) in [6.07, 6.45) is 7.32. The monoisotopic (exact) mass is 354 g/mol. The first-order valence-electron chi connectivity index (χ1n) is 8.89. The van der Waals surface area contributed by atoms with Crippen molar-refractivity contribution in [1.29, 1.82) is 0 Å². The summed E-state index contributed by atoms with van der Waals surface area (Å²) in [4.78, 5) is 18.9. The largest absolute Gasteiger partial charge is 0.449 e. The van der Waals surface area contributed by atoms with Crippen molar-refractivity contribution in [2.24, 2.45) is 5.92 Å². The maximum atomic E-state index is 12.2. The predicted molar refractivity (Wildman–Crippen MR) is 94.9 cm³/mol. The van der Waals surface area contributed by atoms with E-state index in [0.29, 0.717) is 24.2 Å². The average Bonchev–Trinajstić information content (AvgIpc) is 3.31. The molecule has 0 amide bonds. The lowest BCUT2D eigenvalue weighted by Gasteiger charge is -2.31. The first-order chi connectivity index (χ1) is 12.7. The van der Waals surface area contributed by atoms with Gasteiger partial charge in [0.15, 0.2) is 11.7 Å². The van der Waals surface area contributed by atoms with Crippen LogP contribution in [0.2, 0.25) is 0 Å². The van der Waals surface area contributed by atoms with E-state index in [4.69, 9.17) is 4.42 Å². The Bertz CT molecular complexity index is 906. The summed E-state index contributed by atoms with van der Waals surface area (Å²) in [5.74, 6) is 1.81. The zero-order valence-corrected chi connectivity index (χ0v) is 14.8. The van der Waals surface area contributed by atoms with Gasteiger partial charge in [0.05, 0.1) is 5.69 Å². The van der Waals surface area contributed by atoms with E-state index in [1.807, 2.05) is 19.2 Å². The molecular weight excluding hydrogens is 332 g/mol. The third kappa shape index (κ3) is 3.75. The van der Waals surface area contributed by atoms with Gasteiger partial charge in [-0.2, -0.15) is 5.10 Å². The molecule has 3 aromatic heterocycles. The van der Waals surface area contributed by atoms with Gasteiger partial charge in [-0.25, -0.2) is 14.3 Å². The van der Waals surface area contributed by atoms with Crippen LogP contribution in [-0.4, -0.2) is 42.5 Å². The number of oxazole rings is 1. The van der Waals surface area contributed by atoms with Crippen LogP contribution in [0.25, 0.3) is 5.82 Å². The van der Waals surface area contributed by atoms with E-state index in [9.17, 15) is 4.79 Å². The minimum atomic E-state index is -0.0681. The summed E-state index contributed by atoms with van der Waals surface area (Å²) < 4.78 is 8.50. The van der Waals surface area contributed by atoms with Crippen molar-refractivity contribution in [3.8, 4) is 5.82 Å². The van der Waals surface area contributed by atoms with Gasteiger partial charge < -0.3 is 4.42 Å². The van der Waals surface area contributed by atoms with E-state index in [0.717, 1.165) is 38.2 Å². The number of likely N-dealkylation sites (tertiary alicyclic amines) is 1. The maximum Gasteiger partial charge on any atom is 0.266 e. The Balaban J connectivity index is 1.37. The van der Waals surface area contributed by atoms with Crippen molar-refractivity contribution in [2.45, 2.75) is 32.9 Å². The molecule has 3 aromatic rings. The Labute approximate surface area is 151 Å². The molecule has 8 heteroatoms. The Morgan fingerprint density at radius 2 is 2.12 bits per heavy atom. The topological polar surface area (TPSA) is 82.0 Å². The number of piperidine rings is 1. The smallest absolute Gasteiger partial charge is 0.266 e. The number of rotatable bonds is 5. The van der Waals surface area contributed by atoms with E-state index in [2.05, 4.69) is 20.1 Å². The molecule has 1 aliphatic rings. The Morgan fingerprint density at radius 3 is 2.81 bits per heavy atom. The molecule has 0 unspecified atom stereocenters. The molecule has 4 heterocycles. The summed E-state index contributed by atoms with van der Waals surface area (Å²) in [6.45, 7) is 5.30. The van der Waals surface area contributed by atoms with Crippen LogP contribution < -0.4 is 5.56 Å². The fraction of sp³-hybridized carbons (Fsp3) is 0.444. The highest BCUT2D eigenvalue weighted by Crippen LogP contribution is 2.20. The van der Waals surface area contributed by atoms with Crippen molar-refractivity contribution in [2.75, 3.05) is 13.1 Å². The van der Waals surface area contributed by atoms with Gasteiger partial charge in [0.2, 0.25) is 0 Å². The van der Waals surface area contributed by atoms with Gasteiger partial charge in [-0.1, -0.05) is 0 Å². The number of hydrogen-bond acceptors (Lipinski definition) is 6. The van der Waals surface area contributed by atoms with Crippen LogP contribution in [0.4, 0.5) is 0 Å². The van der Waals surface area contributed by atoms with Crippen LogP contribution in [0.5, 0.6) is 0 Å². The van der Waals surface area contributed by atoms with Crippen LogP contribution in [0, 0.1) is 12.8 Å². The molecule has 8 nitrogen and oxygen atoms in total. The van der Waals surface area contributed by atoms with Crippen LogP contribution in [0.3, 0.4) is 0 Å². The molecule has 0 spiro atoms. The van der Waals surface area contributed by atoms with Crippen molar-refractivity contribution in [1.82, 2.24) is 29.4 Å². The summed E-state index contributed by atoms with van der Waals surface area (Å²) in [6, 6.07) is 5.10. The zero-order valence-electron chi connectivity index (χ0n) is 14.8. The lowest BCUT2D eigenvalue weighted by Crippen LogP contribution is -2.36. The molecular formula is C18H22N6O2. The van der Waals surface area contributed by atoms with E-state index < -0.39 is 0 Å². The standard InChI is InChI=1S/C18H22N6O2/c1-14-20-16(13-26-14)12-22-9-5-15(6-10-22)11-24-18(25)4-3-17(21-24)23-8-2-7-19-23/h2-4,7-8,13,15H,5-6,9-12H2,1H3. The zero-order chi connectivity index (χ0) is 17.9. The lowest BCUT2D eigenvalue weighted by molar-refractivity contribution is 0.162. The second-order valence-electron chi connectivity index (χ2n) is 6.74. The SMILES string of the molecule is Cc1nc(CN2CCC(Cn3nc(-n4cccn4)ccc3=O)CC2)co1. The van der Waals surface area contributed by atoms with Crippen LogP contribution in [0.15, 0.2) is 46.1 Å². The minimum Gasteiger partial charge on any atom is -0.449 e. The highest BCUT2D eigenvalue weighted by atomic mass is 16.3. The van der Waals surface area contributed by atoms with E-state index >= 15 is 0 Å². The number of hydrogen-bond donors (Lipinski definition) is 0. The molecule has 1 saturated heterocycles. The second-order valence-corrected chi connectivity index (χ2v) is 6.74. The third-order valence-electron chi connectivity index (χ3n) is 4.78. The van der Waals surface area contributed by atoms with Crippen molar-refractivity contribution < 1.29 is 4.42 Å². The summed E-state index contributed by atoms with van der Waals surface area (Å²) >= 11 is 0. The molecule has 0 atom stereocenters. The van der Waals surface area contributed by atoms with Crippen molar-refractivity contribution >= 4 is 0 Å². The van der Waals surface area contributed by atoms with E-state index in [1.165, 1.54) is 0 Å². The molecule has 1 fully saturated rings. The van der Waals surface area contributed by atoms with Gasteiger partial charge in [-0.05, 0) is 44.0 Å². The molecule has 0 N–H and O–H groups in total. The lowest BCUT2D eigenvalue weighted by atomic mass is 9.97. The molecule has 136 valence electrons. The number of aromatic nitrogens is 5. The predicted octanol–water partition coefficient (Wildman–Crippen LogP) is 1.64. The van der Waals surface area contributed by atoms with Crippen LogP contribution in [-0.2, 0) is 13.1 Å². The number of nitrogens with zero attached hydrogens (tertiary/aromatic N) is 6. The highest BCUT2D eigenvalue weighted by molar-refractivity contribution is 5.17. The Morgan fingerprint density at radius 1 is 1.27 bits per heavy atom. The first-order valence-corrected chi connectivity index (χ1v) is 8.89. The van der Waals surface area contributed by atoms with Gasteiger partial charge in [0.1, 0.15) is 6.26 Å². The molecule has 4 rings (SSSR count). The van der Waals surface area contributed by atoms with Gasteiger partial charge in [-0.3, -0.25) is 9.69 Å². The van der Waals surface area contributed by atoms with E-state index in [1.54, 1.807) is 34.0 Å². The second kappa shape index (κ2) is 7.25. The molecule has 0 radical (unpaired) electrons. The molecule has 0 aromatic carbocycles. The number of aryl methyl sites for hydroxylation is 1. The minimum absolute atomic E-state index is 0.0681. The van der Waals surface area contributed by atoms with Crippen molar-refractivity contribution in [3.05, 3.63) is 58.8 Å². The fourth-order valence-corrected chi connectivity index (χ4v) is 3.38. The molecule has 26 heavy (non-hydrogen) atoms.